The van der Waals surface area contributed by atoms with Gasteiger partial charge in [0.05, 0.1) is 43.0 Å². The molecule has 1 aromatic heterocycles. The zero-order valence-corrected chi connectivity index (χ0v) is 19.8. The maximum atomic E-state index is 13.1. The van der Waals surface area contributed by atoms with Crippen LogP contribution in [0.3, 0.4) is 0 Å². The number of nitrogens with two attached hydrogens (primary N) is 1. The number of nitrogens with one attached hydrogen (secondary N) is 1. The summed E-state index contributed by atoms with van der Waals surface area (Å²) in [7, 11) is 2.42. The van der Waals surface area contributed by atoms with E-state index in [4.69, 9.17) is 15.2 Å². The van der Waals surface area contributed by atoms with E-state index in [1.54, 1.807) is 42.5 Å². The predicted molar refractivity (Wildman–Crippen MR) is 128 cm³/mol. The van der Waals surface area contributed by atoms with Crippen molar-refractivity contribution in [3.63, 3.8) is 0 Å². The van der Waals surface area contributed by atoms with Gasteiger partial charge in [0.25, 0.3) is 0 Å². The maximum Gasteiger partial charge on any atom is 0.355 e. The van der Waals surface area contributed by atoms with Crippen LogP contribution in [0.25, 0.3) is 10.9 Å². The van der Waals surface area contributed by atoms with E-state index in [9.17, 15) is 14.9 Å². The summed E-state index contributed by atoms with van der Waals surface area (Å²) in [5, 5.41) is 18.1. The van der Waals surface area contributed by atoms with E-state index in [-0.39, 0.29) is 22.7 Å². The molecule has 9 nitrogen and oxygen atoms in total. The Bertz CT molecular complexity index is 1370. The minimum Gasteiger partial charge on any atom is -0.466 e. The average Bonchev–Trinajstić information content (AvgIpc) is 3.23. The number of nitrogens with zero attached hydrogens (tertiary/aromatic N) is 3. The standard InChI is InChI=1S/C23H18IN5O4/c1-32-22(30)17-16(12-7-4-3-5-8-12)14(11-25)21(26)29(19(17)23(31)33-2)15-10-6-9-13-18(15)27-28-20(13)24/h3-10,16H,26H2,1-2H3,(H,27,28). The van der Waals surface area contributed by atoms with E-state index < -0.39 is 17.9 Å². The van der Waals surface area contributed by atoms with Crippen molar-refractivity contribution in [1.29, 1.82) is 5.26 Å². The largest absolute Gasteiger partial charge is 0.466 e. The first kappa shape index (κ1) is 22.3. The Kier molecular flexibility index (Phi) is 6.06. The number of benzene rings is 2. The molecule has 3 N–H and O–H groups in total. The number of halogens is 1. The molecule has 0 fully saturated rings. The summed E-state index contributed by atoms with van der Waals surface area (Å²) in [6.45, 7) is 0. The lowest BCUT2D eigenvalue weighted by molar-refractivity contribution is -0.139. The minimum atomic E-state index is -0.924. The molecule has 0 saturated carbocycles. The molecule has 166 valence electrons. The molecule has 0 saturated heterocycles. The summed E-state index contributed by atoms with van der Waals surface area (Å²) >= 11 is 2.11. The first-order valence-corrected chi connectivity index (χ1v) is 10.8. The van der Waals surface area contributed by atoms with E-state index in [0.29, 0.717) is 16.8 Å². The number of ether oxygens (including phenoxy) is 2. The summed E-state index contributed by atoms with van der Waals surface area (Å²) in [6.07, 6.45) is 0. The highest BCUT2D eigenvalue weighted by Gasteiger charge is 2.43. The fourth-order valence-corrected chi connectivity index (χ4v) is 4.49. The van der Waals surface area contributed by atoms with Gasteiger partial charge in [-0.15, -0.1) is 0 Å². The Hall–Kier alpha value is -3.85. The highest BCUT2D eigenvalue weighted by Crippen LogP contribution is 2.44. The summed E-state index contributed by atoms with van der Waals surface area (Å²) in [5.41, 5.74) is 7.95. The molecule has 4 rings (SSSR count). The van der Waals surface area contributed by atoms with Crippen LogP contribution in [0.15, 0.2) is 71.2 Å². The van der Waals surface area contributed by atoms with Gasteiger partial charge in [-0.3, -0.25) is 10.00 Å². The Morgan fingerprint density at radius 2 is 1.82 bits per heavy atom. The van der Waals surface area contributed by atoms with Crippen molar-refractivity contribution in [2.45, 2.75) is 5.92 Å². The Morgan fingerprint density at radius 1 is 1.12 bits per heavy atom. The van der Waals surface area contributed by atoms with Gasteiger partial charge in [0.15, 0.2) is 0 Å². The van der Waals surface area contributed by atoms with Crippen LogP contribution in [0.1, 0.15) is 11.5 Å². The van der Waals surface area contributed by atoms with E-state index in [0.717, 1.165) is 9.09 Å². The molecule has 10 heteroatoms. The molecule has 0 aliphatic carbocycles. The number of aromatic amines is 1. The normalized spacial score (nSPS) is 16.1. The summed E-state index contributed by atoms with van der Waals surface area (Å²) in [6, 6.07) is 16.3. The molecular formula is C23H18IN5O4. The van der Waals surface area contributed by atoms with Crippen LogP contribution in [-0.4, -0.2) is 36.4 Å². The van der Waals surface area contributed by atoms with Crippen molar-refractivity contribution in [2.75, 3.05) is 19.1 Å². The quantitative estimate of drug-likeness (QED) is 0.371. The number of rotatable bonds is 4. The van der Waals surface area contributed by atoms with Gasteiger partial charge in [0.1, 0.15) is 20.7 Å². The van der Waals surface area contributed by atoms with Gasteiger partial charge in [-0.1, -0.05) is 36.4 Å². The number of aromatic nitrogens is 2. The van der Waals surface area contributed by atoms with Crippen LogP contribution in [0.4, 0.5) is 5.69 Å². The van der Waals surface area contributed by atoms with Crippen molar-refractivity contribution in [3.05, 3.63) is 80.5 Å². The molecule has 1 atom stereocenters. The number of hydrogen-bond donors (Lipinski definition) is 2. The lowest BCUT2D eigenvalue weighted by Crippen LogP contribution is -2.40. The summed E-state index contributed by atoms with van der Waals surface area (Å²) in [4.78, 5) is 27.5. The minimum absolute atomic E-state index is 0.00934. The summed E-state index contributed by atoms with van der Waals surface area (Å²) in [5.74, 6) is -2.52. The molecule has 3 aromatic rings. The molecule has 33 heavy (non-hydrogen) atoms. The lowest BCUT2D eigenvalue weighted by atomic mass is 9.81. The van der Waals surface area contributed by atoms with Crippen LogP contribution in [0.5, 0.6) is 0 Å². The molecule has 0 amide bonds. The third kappa shape index (κ3) is 3.60. The van der Waals surface area contributed by atoms with Crippen LogP contribution < -0.4 is 10.6 Å². The Balaban J connectivity index is 2.12. The van der Waals surface area contributed by atoms with Gasteiger partial charge in [-0.05, 0) is 40.3 Å². The number of fused-ring (bicyclic) bond motifs is 1. The molecule has 2 heterocycles. The average molecular weight is 555 g/mol. The topological polar surface area (TPSA) is 134 Å². The second kappa shape index (κ2) is 8.95. The smallest absolute Gasteiger partial charge is 0.355 e. The van der Waals surface area contributed by atoms with Crippen LogP contribution in [-0.2, 0) is 19.1 Å². The second-order valence-electron chi connectivity index (χ2n) is 7.05. The van der Waals surface area contributed by atoms with E-state index in [1.165, 1.54) is 19.1 Å². The fourth-order valence-electron chi connectivity index (χ4n) is 3.94. The van der Waals surface area contributed by atoms with Crippen molar-refractivity contribution in [3.8, 4) is 6.07 Å². The Labute approximate surface area is 202 Å². The molecule has 1 aliphatic heterocycles. The molecule has 1 unspecified atom stereocenters. The number of carbonyl (C=O) groups is 2. The zero-order valence-electron chi connectivity index (χ0n) is 17.6. The van der Waals surface area contributed by atoms with Crippen LogP contribution >= 0.6 is 22.6 Å². The van der Waals surface area contributed by atoms with Crippen molar-refractivity contribution in [2.24, 2.45) is 5.73 Å². The van der Waals surface area contributed by atoms with Gasteiger partial charge in [-0.25, -0.2) is 9.59 Å². The zero-order chi connectivity index (χ0) is 23.7. The second-order valence-corrected chi connectivity index (χ2v) is 8.12. The molecule has 1 aliphatic rings. The maximum absolute atomic E-state index is 13.1. The number of carbonyl (C=O) groups excluding carboxylic acids is 2. The number of H-pyrrole nitrogens is 1. The highest BCUT2D eigenvalue weighted by molar-refractivity contribution is 14.1. The van der Waals surface area contributed by atoms with Gasteiger partial charge in [0, 0.05) is 5.39 Å². The third-order valence-corrected chi connectivity index (χ3v) is 6.19. The number of para-hydroxylation sites is 1. The number of methoxy groups -OCH3 is 2. The van der Waals surface area contributed by atoms with Gasteiger partial charge in [0.2, 0.25) is 0 Å². The fraction of sp³-hybridized carbons (Fsp3) is 0.130. The number of allylic oxidation sites excluding steroid dienone is 1. The van der Waals surface area contributed by atoms with Crippen LogP contribution in [0.2, 0.25) is 0 Å². The number of anilines is 1. The van der Waals surface area contributed by atoms with Gasteiger partial charge >= 0.3 is 11.9 Å². The van der Waals surface area contributed by atoms with Crippen molar-refractivity contribution >= 4 is 51.1 Å². The molecule has 0 spiro atoms. The predicted octanol–water partition coefficient (Wildman–Crippen LogP) is 3.07. The van der Waals surface area contributed by atoms with E-state index in [2.05, 4.69) is 38.9 Å². The van der Waals surface area contributed by atoms with Crippen LogP contribution in [0, 0.1) is 15.0 Å². The highest BCUT2D eigenvalue weighted by atomic mass is 127. The number of nitriles is 1. The number of hydrogen-bond acceptors (Lipinski definition) is 8. The molecule has 0 radical (unpaired) electrons. The first-order chi connectivity index (χ1) is 15.9. The SMILES string of the molecule is COC(=O)C1=C(C(=O)OC)N(c2cccc3c(I)[nH]nc23)C(N)=C(C#N)C1c1ccccc1. The third-order valence-electron chi connectivity index (χ3n) is 5.37. The molecule has 2 aromatic carbocycles. The van der Waals surface area contributed by atoms with Crippen molar-refractivity contribution < 1.29 is 19.1 Å². The van der Waals surface area contributed by atoms with E-state index >= 15 is 0 Å². The Morgan fingerprint density at radius 3 is 2.45 bits per heavy atom. The van der Waals surface area contributed by atoms with Gasteiger partial charge in [-0.2, -0.15) is 10.4 Å². The molecular weight excluding hydrogens is 537 g/mol. The first-order valence-electron chi connectivity index (χ1n) is 9.72. The molecule has 0 bridgehead atoms. The summed E-state index contributed by atoms with van der Waals surface area (Å²) < 4.78 is 10.9. The van der Waals surface area contributed by atoms with E-state index in [1.807, 2.05) is 6.07 Å². The monoisotopic (exact) mass is 555 g/mol. The lowest BCUT2D eigenvalue weighted by Gasteiger charge is -2.35. The number of esters is 2. The van der Waals surface area contributed by atoms with Gasteiger partial charge < -0.3 is 15.2 Å². The van der Waals surface area contributed by atoms with Crippen molar-refractivity contribution in [1.82, 2.24) is 10.2 Å².